The molecule has 5 rings (SSSR count). The van der Waals surface area contributed by atoms with Crippen molar-refractivity contribution in [3.63, 3.8) is 0 Å². The fourth-order valence-electron chi connectivity index (χ4n) is 3.93. The van der Waals surface area contributed by atoms with Gasteiger partial charge in [0.15, 0.2) is 0 Å². The van der Waals surface area contributed by atoms with Gasteiger partial charge in [0.25, 0.3) is 0 Å². The summed E-state index contributed by atoms with van der Waals surface area (Å²) in [4.78, 5) is 4.81. The highest BCUT2D eigenvalue weighted by atomic mass is 15.0. The standard InChI is InChI=1S/C23H22N2/c1-15-16(2)25(14-17-7-8-17)23-21(15)11-12-24-22(23)20-10-9-18-5-3-4-6-19(18)13-20/h3-6,9-13,17H,7-8,14H2,1-2H3. The van der Waals surface area contributed by atoms with Crippen molar-refractivity contribution in [3.8, 4) is 11.3 Å². The Balaban J connectivity index is 1.78. The van der Waals surface area contributed by atoms with Crippen molar-refractivity contribution >= 4 is 21.7 Å². The van der Waals surface area contributed by atoms with E-state index in [4.69, 9.17) is 4.98 Å². The quantitative estimate of drug-likeness (QED) is 0.459. The first-order valence-electron chi connectivity index (χ1n) is 9.16. The maximum atomic E-state index is 4.81. The molecule has 124 valence electrons. The molecule has 4 aromatic rings. The van der Waals surface area contributed by atoms with Crippen LogP contribution in [0.25, 0.3) is 32.9 Å². The molecule has 2 heterocycles. The highest BCUT2D eigenvalue weighted by molar-refractivity contribution is 5.97. The molecule has 2 aromatic carbocycles. The predicted octanol–water partition coefficient (Wildman–Crippen LogP) is 5.88. The Bertz CT molecular complexity index is 1100. The van der Waals surface area contributed by atoms with Crippen LogP contribution in [0.1, 0.15) is 24.1 Å². The van der Waals surface area contributed by atoms with Crippen LogP contribution in [0.4, 0.5) is 0 Å². The number of hydrogen-bond donors (Lipinski definition) is 0. The molecule has 0 saturated heterocycles. The van der Waals surface area contributed by atoms with E-state index in [1.807, 2.05) is 6.20 Å². The molecule has 1 saturated carbocycles. The lowest BCUT2D eigenvalue weighted by Crippen LogP contribution is -2.03. The summed E-state index contributed by atoms with van der Waals surface area (Å²) in [5, 5.41) is 3.89. The number of fused-ring (bicyclic) bond motifs is 2. The molecule has 0 spiro atoms. The van der Waals surface area contributed by atoms with Gasteiger partial charge in [0.05, 0.1) is 11.2 Å². The lowest BCUT2D eigenvalue weighted by Gasteiger charge is -2.11. The summed E-state index contributed by atoms with van der Waals surface area (Å²) in [6, 6.07) is 17.4. The third-order valence-corrected chi connectivity index (χ3v) is 5.71. The monoisotopic (exact) mass is 326 g/mol. The van der Waals surface area contributed by atoms with Gasteiger partial charge in [0.2, 0.25) is 0 Å². The maximum Gasteiger partial charge on any atom is 0.0945 e. The number of aryl methyl sites for hydroxylation is 1. The summed E-state index contributed by atoms with van der Waals surface area (Å²) < 4.78 is 2.51. The number of nitrogens with zero attached hydrogens (tertiary/aromatic N) is 2. The van der Waals surface area contributed by atoms with Crippen LogP contribution in [-0.2, 0) is 6.54 Å². The van der Waals surface area contributed by atoms with Crippen LogP contribution in [0.3, 0.4) is 0 Å². The van der Waals surface area contributed by atoms with Gasteiger partial charge < -0.3 is 4.57 Å². The molecule has 2 heteroatoms. The Labute approximate surface area is 148 Å². The van der Waals surface area contributed by atoms with Crippen molar-refractivity contribution < 1.29 is 0 Å². The first kappa shape index (κ1) is 14.7. The molecule has 0 N–H and O–H groups in total. The minimum Gasteiger partial charge on any atom is -0.343 e. The van der Waals surface area contributed by atoms with Crippen LogP contribution >= 0.6 is 0 Å². The van der Waals surface area contributed by atoms with E-state index < -0.39 is 0 Å². The van der Waals surface area contributed by atoms with Crippen LogP contribution in [0, 0.1) is 19.8 Å². The molecule has 0 unspecified atom stereocenters. The van der Waals surface area contributed by atoms with Gasteiger partial charge in [0.1, 0.15) is 0 Å². The molecule has 0 bridgehead atoms. The Morgan fingerprint density at radius 2 is 1.80 bits per heavy atom. The molecule has 0 atom stereocenters. The first-order valence-corrected chi connectivity index (χ1v) is 9.16. The van der Waals surface area contributed by atoms with E-state index in [1.165, 1.54) is 51.3 Å². The van der Waals surface area contributed by atoms with Crippen LogP contribution < -0.4 is 0 Å². The molecule has 1 aliphatic carbocycles. The molecule has 0 amide bonds. The van der Waals surface area contributed by atoms with Gasteiger partial charge in [-0.1, -0.05) is 36.4 Å². The van der Waals surface area contributed by atoms with Crippen molar-refractivity contribution in [3.05, 3.63) is 66.0 Å². The fraction of sp³-hybridized carbons (Fsp3) is 0.261. The second-order valence-electron chi connectivity index (χ2n) is 7.38. The Hall–Kier alpha value is -2.61. The lowest BCUT2D eigenvalue weighted by molar-refractivity contribution is 0.632. The summed E-state index contributed by atoms with van der Waals surface area (Å²) in [6.45, 7) is 5.62. The highest BCUT2D eigenvalue weighted by Crippen LogP contribution is 2.37. The molecular formula is C23H22N2. The summed E-state index contributed by atoms with van der Waals surface area (Å²) in [5.74, 6) is 0.846. The normalized spacial score (nSPS) is 14.5. The smallest absolute Gasteiger partial charge is 0.0945 e. The van der Waals surface area contributed by atoms with Gasteiger partial charge in [-0.05, 0) is 61.1 Å². The van der Waals surface area contributed by atoms with E-state index in [0.29, 0.717) is 0 Å². The molecule has 1 fully saturated rings. The molecule has 0 aliphatic heterocycles. The minimum atomic E-state index is 0.846. The lowest BCUT2D eigenvalue weighted by atomic mass is 10.0. The van der Waals surface area contributed by atoms with Crippen LogP contribution in [-0.4, -0.2) is 9.55 Å². The zero-order chi connectivity index (χ0) is 17.0. The van der Waals surface area contributed by atoms with E-state index in [9.17, 15) is 0 Å². The molecule has 1 aliphatic rings. The van der Waals surface area contributed by atoms with Crippen molar-refractivity contribution in [1.82, 2.24) is 9.55 Å². The van der Waals surface area contributed by atoms with Gasteiger partial charge in [-0.2, -0.15) is 0 Å². The van der Waals surface area contributed by atoms with Gasteiger partial charge in [-0.3, -0.25) is 4.98 Å². The molecular weight excluding hydrogens is 304 g/mol. The third-order valence-electron chi connectivity index (χ3n) is 5.71. The number of benzene rings is 2. The summed E-state index contributed by atoms with van der Waals surface area (Å²) in [6.07, 6.45) is 4.69. The summed E-state index contributed by atoms with van der Waals surface area (Å²) in [7, 11) is 0. The second-order valence-corrected chi connectivity index (χ2v) is 7.38. The van der Waals surface area contributed by atoms with E-state index in [0.717, 1.165) is 18.2 Å². The SMILES string of the molecule is Cc1c(C)n(CC2CC2)c2c(-c3ccc4ccccc4c3)nccc12. The average molecular weight is 326 g/mol. The van der Waals surface area contributed by atoms with Crippen molar-refractivity contribution in [2.75, 3.05) is 0 Å². The topological polar surface area (TPSA) is 17.8 Å². The Morgan fingerprint density at radius 1 is 1.00 bits per heavy atom. The van der Waals surface area contributed by atoms with Crippen molar-refractivity contribution in [1.29, 1.82) is 0 Å². The van der Waals surface area contributed by atoms with E-state index in [1.54, 1.807) is 0 Å². The second kappa shape index (κ2) is 5.45. The highest BCUT2D eigenvalue weighted by Gasteiger charge is 2.25. The number of pyridine rings is 1. The molecule has 0 radical (unpaired) electrons. The first-order chi connectivity index (χ1) is 12.2. The Morgan fingerprint density at radius 3 is 2.60 bits per heavy atom. The molecule has 25 heavy (non-hydrogen) atoms. The number of hydrogen-bond acceptors (Lipinski definition) is 1. The van der Waals surface area contributed by atoms with E-state index in [-0.39, 0.29) is 0 Å². The zero-order valence-electron chi connectivity index (χ0n) is 14.8. The van der Waals surface area contributed by atoms with Crippen molar-refractivity contribution in [2.45, 2.75) is 33.2 Å². The van der Waals surface area contributed by atoms with Gasteiger partial charge in [-0.25, -0.2) is 0 Å². The summed E-state index contributed by atoms with van der Waals surface area (Å²) in [5.41, 5.74) is 6.40. The minimum absolute atomic E-state index is 0.846. The number of aromatic nitrogens is 2. The van der Waals surface area contributed by atoms with Crippen LogP contribution in [0.15, 0.2) is 54.7 Å². The number of rotatable bonds is 3. The van der Waals surface area contributed by atoms with Gasteiger partial charge >= 0.3 is 0 Å². The largest absolute Gasteiger partial charge is 0.343 e. The van der Waals surface area contributed by atoms with Crippen molar-refractivity contribution in [2.24, 2.45) is 5.92 Å². The van der Waals surface area contributed by atoms with E-state index in [2.05, 4.69) is 66.9 Å². The summed E-state index contributed by atoms with van der Waals surface area (Å²) >= 11 is 0. The van der Waals surface area contributed by atoms with Crippen LogP contribution in [0.2, 0.25) is 0 Å². The fourth-order valence-corrected chi connectivity index (χ4v) is 3.93. The predicted molar refractivity (Wildman–Crippen MR) is 105 cm³/mol. The van der Waals surface area contributed by atoms with Gasteiger partial charge in [-0.15, -0.1) is 0 Å². The maximum absolute atomic E-state index is 4.81. The Kier molecular flexibility index (Phi) is 3.21. The zero-order valence-corrected chi connectivity index (χ0v) is 14.8. The van der Waals surface area contributed by atoms with Gasteiger partial charge in [0, 0.05) is 29.4 Å². The third kappa shape index (κ3) is 2.36. The molecule has 2 aromatic heterocycles. The van der Waals surface area contributed by atoms with Crippen LogP contribution in [0.5, 0.6) is 0 Å². The average Bonchev–Trinajstić information content (AvgIpc) is 3.44. The molecule has 2 nitrogen and oxygen atoms in total. The van der Waals surface area contributed by atoms with E-state index >= 15 is 0 Å².